The molecule has 16 heavy (non-hydrogen) atoms. The zero-order valence-corrected chi connectivity index (χ0v) is 10.6. The summed E-state index contributed by atoms with van der Waals surface area (Å²) < 4.78 is 10.5. The Balaban J connectivity index is 2.89. The molecule has 3 heteroatoms. The van der Waals surface area contributed by atoms with Crippen LogP contribution < -0.4 is 15.2 Å². The van der Waals surface area contributed by atoms with E-state index >= 15 is 0 Å². The first-order valence-electron chi connectivity index (χ1n) is 5.63. The van der Waals surface area contributed by atoms with Gasteiger partial charge < -0.3 is 15.2 Å². The van der Waals surface area contributed by atoms with Crippen LogP contribution in [0.4, 0.5) is 0 Å². The number of methoxy groups -OCH3 is 2. The number of quaternary nitrogens is 1. The van der Waals surface area contributed by atoms with E-state index in [4.69, 9.17) is 9.47 Å². The molecule has 0 radical (unpaired) electrons. The number of rotatable bonds is 5. The van der Waals surface area contributed by atoms with Crippen molar-refractivity contribution in [1.82, 2.24) is 0 Å². The molecule has 1 aromatic rings. The van der Waals surface area contributed by atoms with Gasteiger partial charge in [-0.3, -0.25) is 0 Å². The zero-order chi connectivity index (χ0) is 12.1. The summed E-state index contributed by atoms with van der Waals surface area (Å²) in [7, 11) is 3.30. The van der Waals surface area contributed by atoms with E-state index in [0.717, 1.165) is 17.9 Å². The standard InChI is InChI=1S/C13H21NO2/c1-9(2)7-11(14)10-5-6-12(15-3)13(8-10)16-4/h5-6,8-9,11H,7,14H2,1-4H3/p+1. The minimum absolute atomic E-state index is 0.305. The molecule has 0 bridgehead atoms. The van der Waals surface area contributed by atoms with Crippen molar-refractivity contribution in [2.75, 3.05) is 14.2 Å². The normalized spacial score (nSPS) is 12.6. The molecule has 0 aromatic heterocycles. The Labute approximate surface area is 97.6 Å². The van der Waals surface area contributed by atoms with Gasteiger partial charge in [-0.25, -0.2) is 0 Å². The number of hydrogen-bond acceptors (Lipinski definition) is 2. The van der Waals surface area contributed by atoms with E-state index in [1.165, 1.54) is 5.56 Å². The van der Waals surface area contributed by atoms with Gasteiger partial charge in [-0.2, -0.15) is 0 Å². The van der Waals surface area contributed by atoms with Gasteiger partial charge in [0.1, 0.15) is 6.04 Å². The van der Waals surface area contributed by atoms with E-state index in [-0.39, 0.29) is 0 Å². The van der Waals surface area contributed by atoms with Gasteiger partial charge in [-0.05, 0) is 24.1 Å². The lowest BCUT2D eigenvalue weighted by Crippen LogP contribution is -2.53. The summed E-state index contributed by atoms with van der Waals surface area (Å²) in [4.78, 5) is 0. The van der Waals surface area contributed by atoms with Gasteiger partial charge in [0.25, 0.3) is 0 Å². The van der Waals surface area contributed by atoms with Crippen molar-refractivity contribution in [1.29, 1.82) is 0 Å². The van der Waals surface area contributed by atoms with Crippen molar-refractivity contribution in [2.45, 2.75) is 26.3 Å². The van der Waals surface area contributed by atoms with Crippen molar-refractivity contribution in [3.05, 3.63) is 23.8 Å². The van der Waals surface area contributed by atoms with Crippen molar-refractivity contribution in [3.63, 3.8) is 0 Å². The number of hydrogen-bond donors (Lipinski definition) is 1. The third kappa shape index (κ3) is 3.14. The van der Waals surface area contributed by atoms with Gasteiger partial charge in [0.15, 0.2) is 11.5 Å². The molecule has 1 unspecified atom stereocenters. The van der Waals surface area contributed by atoms with Gasteiger partial charge in [-0.15, -0.1) is 0 Å². The van der Waals surface area contributed by atoms with Crippen LogP contribution in [0.1, 0.15) is 31.9 Å². The minimum atomic E-state index is 0.305. The van der Waals surface area contributed by atoms with E-state index in [1.54, 1.807) is 14.2 Å². The first kappa shape index (κ1) is 12.8. The average Bonchev–Trinajstić information content (AvgIpc) is 2.27. The van der Waals surface area contributed by atoms with Crippen LogP contribution in [-0.2, 0) is 0 Å². The highest BCUT2D eigenvalue weighted by molar-refractivity contribution is 5.43. The van der Waals surface area contributed by atoms with Crippen molar-refractivity contribution < 1.29 is 15.2 Å². The molecule has 1 aromatic carbocycles. The fourth-order valence-corrected chi connectivity index (χ4v) is 1.81. The van der Waals surface area contributed by atoms with Gasteiger partial charge in [0.2, 0.25) is 0 Å². The van der Waals surface area contributed by atoms with Crippen LogP contribution in [0.2, 0.25) is 0 Å². The smallest absolute Gasteiger partial charge is 0.161 e. The highest BCUT2D eigenvalue weighted by atomic mass is 16.5. The molecule has 1 atom stereocenters. The van der Waals surface area contributed by atoms with Crippen LogP contribution >= 0.6 is 0 Å². The molecule has 90 valence electrons. The Morgan fingerprint density at radius 2 is 1.75 bits per heavy atom. The summed E-state index contributed by atoms with van der Waals surface area (Å²) >= 11 is 0. The Hall–Kier alpha value is -1.22. The molecular formula is C13H22NO2+. The van der Waals surface area contributed by atoms with Crippen molar-refractivity contribution >= 4 is 0 Å². The van der Waals surface area contributed by atoms with Crippen LogP contribution in [0.5, 0.6) is 11.5 Å². The number of ether oxygens (including phenoxy) is 2. The molecule has 0 fully saturated rings. The molecule has 3 N–H and O–H groups in total. The van der Waals surface area contributed by atoms with E-state index in [9.17, 15) is 0 Å². The summed E-state index contributed by atoms with van der Waals surface area (Å²) in [6, 6.07) is 6.31. The van der Waals surface area contributed by atoms with Crippen LogP contribution in [0, 0.1) is 5.92 Å². The monoisotopic (exact) mass is 224 g/mol. The molecule has 0 spiro atoms. The maximum absolute atomic E-state index is 5.28. The Kier molecular flexibility index (Phi) is 4.62. The molecule has 0 saturated heterocycles. The van der Waals surface area contributed by atoms with Crippen LogP contribution in [0.25, 0.3) is 0 Å². The third-order valence-corrected chi connectivity index (χ3v) is 2.63. The minimum Gasteiger partial charge on any atom is -0.493 e. The van der Waals surface area contributed by atoms with Crippen LogP contribution in [-0.4, -0.2) is 14.2 Å². The molecule has 0 heterocycles. The van der Waals surface area contributed by atoms with Crippen molar-refractivity contribution in [3.8, 4) is 11.5 Å². The van der Waals surface area contributed by atoms with E-state index in [2.05, 4.69) is 25.6 Å². The largest absolute Gasteiger partial charge is 0.493 e. The predicted octanol–water partition coefficient (Wildman–Crippen LogP) is 2.03. The first-order chi connectivity index (χ1) is 7.58. The average molecular weight is 224 g/mol. The topological polar surface area (TPSA) is 46.1 Å². The van der Waals surface area contributed by atoms with Crippen molar-refractivity contribution in [2.24, 2.45) is 5.92 Å². The van der Waals surface area contributed by atoms with Crippen LogP contribution in [0.3, 0.4) is 0 Å². The van der Waals surface area contributed by atoms with E-state index in [1.807, 2.05) is 12.1 Å². The lowest BCUT2D eigenvalue weighted by molar-refractivity contribution is -0.429. The van der Waals surface area contributed by atoms with Gasteiger partial charge >= 0.3 is 0 Å². The molecule has 0 aliphatic heterocycles. The third-order valence-electron chi connectivity index (χ3n) is 2.63. The maximum atomic E-state index is 5.28. The maximum Gasteiger partial charge on any atom is 0.161 e. The molecule has 0 aliphatic carbocycles. The van der Waals surface area contributed by atoms with E-state index in [0.29, 0.717) is 12.0 Å². The zero-order valence-electron chi connectivity index (χ0n) is 10.6. The van der Waals surface area contributed by atoms with E-state index < -0.39 is 0 Å². The van der Waals surface area contributed by atoms with Crippen LogP contribution in [0.15, 0.2) is 18.2 Å². The molecule has 1 rings (SSSR count). The second kappa shape index (κ2) is 5.75. The fraction of sp³-hybridized carbons (Fsp3) is 0.538. The van der Waals surface area contributed by atoms with Gasteiger partial charge in [-0.1, -0.05) is 13.8 Å². The molecule has 0 aliphatic rings. The summed E-state index contributed by atoms with van der Waals surface area (Å²) in [6.07, 6.45) is 1.08. The summed E-state index contributed by atoms with van der Waals surface area (Å²) in [5.41, 5.74) is 5.38. The predicted molar refractivity (Wildman–Crippen MR) is 64.6 cm³/mol. The number of benzene rings is 1. The second-order valence-corrected chi connectivity index (χ2v) is 4.44. The second-order valence-electron chi connectivity index (χ2n) is 4.44. The summed E-state index contributed by atoms with van der Waals surface area (Å²) in [6.45, 7) is 4.41. The Morgan fingerprint density at radius 3 is 2.25 bits per heavy atom. The summed E-state index contributed by atoms with van der Waals surface area (Å²) in [5, 5.41) is 0. The molecule has 0 amide bonds. The SMILES string of the molecule is COc1ccc(C([NH3+])CC(C)C)cc1OC. The highest BCUT2D eigenvalue weighted by Crippen LogP contribution is 2.30. The van der Waals surface area contributed by atoms with Gasteiger partial charge in [0, 0.05) is 12.0 Å². The Morgan fingerprint density at radius 1 is 1.12 bits per heavy atom. The summed E-state index contributed by atoms with van der Waals surface area (Å²) in [5.74, 6) is 2.19. The first-order valence-corrected chi connectivity index (χ1v) is 5.63. The lowest BCUT2D eigenvalue weighted by atomic mass is 9.97. The lowest BCUT2D eigenvalue weighted by Gasteiger charge is -2.14. The quantitative estimate of drug-likeness (QED) is 0.832. The van der Waals surface area contributed by atoms with Gasteiger partial charge in [0.05, 0.1) is 14.2 Å². The Bertz CT molecular complexity index is 337. The molecular weight excluding hydrogens is 202 g/mol. The molecule has 3 nitrogen and oxygen atoms in total. The fourth-order valence-electron chi connectivity index (χ4n) is 1.81. The highest BCUT2D eigenvalue weighted by Gasteiger charge is 2.14. The molecule has 0 saturated carbocycles.